The van der Waals surface area contributed by atoms with E-state index >= 15 is 0 Å². The van der Waals surface area contributed by atoms with E-state index in [0.29, 0.717) is 0 Å². The zero-order valence-corrected chi connectivity index (χ0v) is 13.5. The number of rotatable bonds is 4. The van der Waals surface area contributed by atoms with E-state index in [1.807, 2.05) is 18.2 Å². The van der Waals surface area contributed by atoms with Crippen molar-refractivity contribution in [3.63, 3.8) is 0 Å². The molecular formula is C20H23NO2. The van der Waals surface area contributed by atoms with Gasteiger partial charge in [-0.2, -0.15) is 0 Å². The van der Waals surface area contributed by atoms with Crippen molar-refractivity contribution in [2.75, 3.05) is 13.7 Å². The number of piperidine rings is 1. The number of ether oxygens (including phenoxy) is 1. The van der Waals surface area contributed by atoms with E-state index in [0.717, 1.165) is 30.5 Å². The van der Waals surface area contributed by atoms with Crippen LogP contribution < -0.4 is 5.32 Å². The average Bonchev–Trinajstić information content (AvgIpc) is 2.64. The van der Waals surface area contributed by atoms with Crippen LogP contribution in [0.2, 0.25) is 0 Å². The molecule has 23 heavy (non-hydrogen) atoms. The number of hydrogen-bond acceptors (Lipinski definition) is 3. The Morgan fingerprint density at radius 3 is 2.35 bits per heavy atom. The third-order valence-corrected chi connectivity index (χ3v) is 4.58. The molecule has 2 atom stereocenters. The Kier molecular flexibility index (Phi) is 5.09. The fraction of sp³-hybridized carbons (Fsp3) is 0.350. The fourth-order valence-corrected chi connectivity index (χ4v) is 3.34. The number of benzene rings is 2. The summed E-state index contributed by atoms with van der Waals surface area (Å²) in [5.74, 6) is -0.387. The summed E-state index contributed by atoms with van der Waals surface area (Å²) in [7, 11) is 1.47. The molecule has 1 saturated heterocycles. The lowest BCUT2D eigenvalue weighted by Gasteiger charge is -2.30. The molecule has 0 spiro atoms. The van der Waals surface area contributed by atoms with Crippen LogP contribution in [-0.4, -0.2) is 25.7 Å². The molecule has 120 valence electrons. The smallest absolute Gasteiger partial charge is 0.314 e. The molecule has 1 aliphatic heterocycles. The molecule has 1 fully saturated rings. The van der Waals surface area contributed by atoms with Gasteiger partial charge in [0.2, 0.25) is 0 Å². The van der Waals surface area contributed by atoms with E-state index in [4.69, 9.17) is 4.74 Å². The van der Waals surface area contributed by atoms with Crippen molar-refractivity contribution in [3.05, 3.63) is 60.2 Å². The highest BCUT2D eigenvalue weighted by molar-refractivity contribution is 5.79. The summed E-state index contributed by atoms with van der Waals surface area (Å²) < 4.78 is 5.06. The standard InChI is InChI=1S/C20H23NO2/c1-23-20(22)19(18-9-5-6-14-21-18)17-12-10-16(11-13-17)15-7-3-2-4-8-15/h2-4,7-8,10-13,18-19,21H,5-6,9,14H2,1H3/t18-,19-/m1/s1. The highest BCUT2D eigenvalue weighted by Gasteiger charge is 2.31. The van der Waals surface area contributed by atoms with Gasteiger partial charge in [-0.05, 0) is 36.1 Å². The summed E-state index contributed by atoms with van der Waals surface area (Å²) in [4.78, 5) is 12.3. The van der Waals surface area contributed by atoms with Crippen molar-refractivity contribution < 1.29 is 9.53 Å². The first kappa shape index (κ1) is 15.8. The van der Waals surface area contributed by atoms with Gasteiger partial charge >= 0.3 is 5.97 Å². The molecule has 0 radical (unpaired) electrons. The van der Waals surface area contributed by atoms with Crippen molar-refractivity contribution in [2.24, 2.45) is 0 Å². The topological polar surface area (TPSA) is 38.3 Å². The van der Waals surface area contributed by atoms with Gasteiger partial charge in [0.25, 0.3) is 0 Å². The number of esters is 1. The number of methoxy groups -OCH3 is 1. The molecular weight excluding hydrogens is 286 g/mol. The minimum atomic E-state index is -0.231. The first-order chi connectivity index (χ1) is 11.3. The highest BCUT2D eigenvalue weighted by Crippen LogP contribution is 2.28. The van der Waals surface area contributed by atoms with Gasteiger partial charge in [0.1, 0.15) is 0 Å². The van der Waals surface area contributed by atoms with Crippen molar-refractivity contribution in [3.8, 4) is 11.1 Å². The lowest BCUT2D eigenvalue weighted by atomic mass is 9.86. The molecule has 1 N–H and O–H groups in total. The Morgan fingerprint density at radius 2 is 1.74 bits per heavy atom. The molecule has 3 rings (SSSR count). The summed E-state index contributed by atoms with van der Waals surface area (Å²) >= 11 is 0. The molecule has 2 aromatic rings. The normalized spacial score (nSPS) is 19.1. The largest absolute Gasteiger partial charge is 0.469 e. The maximum Gasteiger partial charge on any atom is 0.314 e. The van der Waals surface area contributed by atoms with Crippen LogP contribution in [0.15, 0.2) is 54.6 Å². The van der Waals surface area contributed by atoms with Gasteiger partial charge < -0.3 is 10.1 Å². The second-order valence-electron chi connectivity index (χ2n) is 6.05. The van der Waals surface area contributed by atoms with Gasteiger partial charge in [0, 0.05) is 6.04 Å². The first-order valence-corrected chi connectivity index (χ1v) is 8.26. The minimum absolute atomic E-state index is 0.156. The van der Waals surface area contributed by atoms with E-state index in [1.165, 1.54) is 19.1 Å². The maximum atomic E-state index is 12.3. The zero-order valence-electron chi connectivity index (χ0n) is 13.5. The van der Waals surface area contributed by atoms with Crippen molar-refractivity contribution in [1.82, 2.24) is 5.32 Å². The molecule has 1 heterocycles. The Labute approximate surface area is 137 Å². The van der Waals surface area contributed by atoms with Gasteiger partial charge in [-0.15, -0.1) is 0 Å². The van der Waals surface area contributed by atoms with Crippen LogP contribution in [-0.2, 0) is 9.53 Å². The number of carbonyl (C=O) groups excluding carboxylic acids is 1. The lowest BCUT2D eigenvalue weighted by Crippen LogP contribution is -2.42. The van der Waals surface area contributed by atoms with Crippen LogP contribution in [0.3, 0.4) is 0 Å². The average molecular weight is 309 g/mol. The molecule has 0 aliphatic carbocycles. The fourth-order valence-electron chi connectivity index (χ4n) is 3.34. The van der Waals surface area contributed by atoms with Crippen LogP contribution in [0.1, 0.15) is 30.7 Å². The Hall–Kier alpha value is -2.13. The molecule has 0 aromatic heterocycles. The zero-order chi connectivity index (χ0) is 16.1. The molecule has 2 aromatic carbocycles. The van der Waals surface area contributed by atoms with Crippen LogP contribution in [0.25, 0.3) is 11.1 Å². The summed E-state index contributed by atoms with van der Waals surface area (Å²) in [5, 5.41) is 3.48. The summed E-state index contributed by atoms with van der Waals surface area (Å²) in [5.41, 5.74) is 3.37. The van der Waals surface area contributed by atoms with Crippen LogP contribution in [0.5, 0.6) is 0 Å². The first-order valence-electron chi connectivity index (χ1n) is 8.26. The van der Waals surface area contributed by atoms with Crippen molar-refractivity contribution in [2.45, 2.75) is 31.2 Å². The van der Waals surface area contributed by atoms with E-state index in [2.05, 4.69) is 41.7 Å². The molecule has 0 amide bonds. The van der Waals surface area contributed by atoms with Gasteiger partial charge in [0.15, 0.2) is 0 Å². The summed E-state index contributed by atoms with van der Waals surface area (Å²) in [6.07, 6.45) is 3.35. The molecule has 3 nitrogen and oxygen atoms in total. The monoisotopic (exact) mass is 309 g/mol. The van der Waals surface area contributed by atoms with Gasteiger partial charge in [-0.25, -0.2) is 0 Å². The van der Waals surface area contributed by atoms with E-state index < -0.39 is 0 Å². The highest BCUT2D eigenvalue weighted by atomic mass is 16.5. The van der Waals surface area contributed by atoms with Crippen molar-refractivity contribution in [1.29, 1.82) is 0 Å². The SMILES string of the molecule is COC(=O)[C@H](c1ccc(-c2ccccc2)cc1)[C@H]1CCCCN1. The molecule has 3 heteroatoms. The van der Waals surface area contributed by atoms with Crippen LogP contribution >= 0.6 is 0 Å². The summed E-state index contributed by atoms with van der Waals surface area (Å²) in [6, 6.07) is 18.7. The third-order valence-electron chi connectivity index (χ3n) is 4.58. The molecule has 0 bridgehead atoms. The maximum absolute atomic E-state index is 12.3. The third kappa shape index (κ3) is 3.62. The molecule has 0 saturated carbocycles. The van der Waals surface area contributed by atoms with E-state index in [9.17, 15) is 4.79 Å². The molecule has 0 unspecified atom stereocenters. The summed E-state index contributed by atoms with van der Waals surface area (Å²) in [6.45, 7) is 0.972. The van der Waals surface area contributed by atoms with Gasteiger partial charge in [-0.1, -0.05) is 61.0 Å². The van der Waals surface area contributed by atoms with Crippen LogP contribution in [0, 0.1) is 0 Å². The predicted octanol–water partition coefficient (Wildman–Crippen LogP) is 3.75. The van der Waals surface area contributed by atoms with Gasteiger partial charge in [-0.3, -0.25) is 4.79 Å². The van der Waals surface area contributed by atoms with Gasteiger partial charge in [0.05, 0.1) is 13.0 Å². The number of nitrogens with one attached hydrogen (secondary N) is 1. The van der Waals surface area contributed by atoms with E-state index in [-0.39, 0.29) is 17.9 Å². The lowest BCUT2D eigenvalue weighted by molar-refractivity contribution is -0.143. The Bertz CT molecular complexity index is 630. The Balaban J connectivity index is 1.86. The number of carbonyl (C=O) groups is 1. The predicted molar refractivity (Wildman–Crippen MR) is 92.3 cm³/mol. The number of hydrogen-bond donors (Lipinski definition) is 1. The molecule has 1 aliphatic rings. The second-order valence-corrected chi connectivity index (χ2v) is 6.05. The van der Waals surface area contributed by atoms with E-state index in [1.54, 1.807) is 0 Å². The van der Waals surface area contributed by atoms with Crippen LogP contribution in [0.4, 0.5) is 0 Å². The quantitative estimate of drug-likeness (QED) is 0.874. The second kappa shape index (κ2) is 7.42. The Morgan fingerprint density at radius 1 is 1.04 bits per heavy atom. The minimum Gasteiger partial charge on any atom is -0.469 e. The van der Waals surface area contributed by atoms with Crippen molar-refractivity contribution >= 4 is 5.97 Å².